The van der Waals surface area contributed by atoms with Crippen molar-refractivity contribution in [2.45, 2.75) is 210 Å². The zero-order valence-corrected chi connectivity index (χ0v) is 35.8. The van der Waals surface area contributed by atoms with Crippen LogP contribution in [0.1, 0.15) is 198 Å². The third-order valence-electron chi connectivity index (χ3n) is 10.7. The average Bonchev–Trinajstić information content (AvgIpc) is 2.99. The molecule has 8 unspecified atom stereocenters. The van der Waals surface area contributed by atoms with Gasteiger partial charge in [-0.15, -0.1) is 0 Å². The monoisotopic (exact) mass is 748 g/mol. The number of nitrogens with two attached hydrogens (primary N) is 1. The highest BCUT2D eigenvalue weighted by molar-refractivity contribution is 7.45. The molecule has 0 aliphatic rings. The SMILES string of the molecule is CC(C)CCCC(C)CCCC(C)CCCC(C)CC(=O)C(N)C(O)C(=O)CC(C)CCCC(C)CCCC(C)CCCC(C)C.O=P(O)(O)O. The molecule has 51 heavy (non-hydrogen) atoms. The number of Topliss-reactive ketones (excluding diaryl/α,β-unsaturated/α-hetero) is 2. The molecule has 0 spiro atoms. The maximum atomic E-state index is 12.8. The van der Waals surface area contributed by atoms with Crippen molar-refractivity contribution in [3.8, 4) is 0 Å². The Balaban J connectivity index is 0. The molecule has 0 saturated carbocycles. The first kappa shape index (κ1) is 52.5. The lowest BCUT2D eigenvalue weighted by Crippen LogP contribution is -2.47. The molecule has 0 heterocycles. The van der Waals surface area contributed by atoms with E-state index in [1.165, 1.54) is 89.9 Å². The van der Waals surface area contributed by atoms with E-state index in [1.54, 1.807) is 0 Å². The highest BCUT2D eigenvalue weighted by Gasteiger charge is 2.30. The van der Waals surface area contributed by atoms with Gasteiger partial charge in [-0.3, -0.25) is 9.59 Å². The molecule has 0 aliphatic carbocycles. The summed E-state index contributed by atoms with van der Waals surface area (Å²) < 4.78 is 8.88. The molecule has 0 saturated heterocycles. The van der Waals surface area contributed by atoms with Crippen LogP contribution in [0.5, 0.6) is 0 Å². The van der Waals surface area contributed by atoms with Crippen molar-refractivity contribution in [2.24, 2.45) is 53.1 Å². The van der Waals surface area contributed by atoms with E-state index in [9.17, 15) is 14.7 Å². The van der Waals surface area contributed by atoms with Gasteiger partial charge >= 0.3 is 7.82 Å². The van der Waals surface area contributed by atoms with E-state index in [0.717, 1.165) is 55.3 Å². The molecule has 8 nitrogen and oxygen atoms in total. The van der Waals surface area contributed by atoms with Gasteiger partial charge in [-0.05, 0) is 47.3 Å². The van der Waals surface area contributed by atoms with E-state index in [2.05, 4.69) is 69.2 Å². The first-order valence-corrected chi connectivity index (χ1v) is 22.5. The van der Waals surface area contributed by atoms with Crippen LogP contribution in [0.2, 0.25) is 0 Å². The summed E-state index contributed by atoms with van der Waals surface area (Å²) >= 11 is 0. The fourth-order valence-electron chi connectivity index (χ4n) is 7.11. The van der Waals surface area contributed by atoms with Gasteiger partial charge in [0.2, 0.25) is 0 Å². The summed E-state index contributed by atoms with van der Waals surface area (Å²) in [6.45, 7) is 22.9. The lowest BCUT2D eigenvalue weighted by Gasteiger charge is -2.21. The third kappa shape index (κ3) is 36.1. The van der Waals surface area contributed by atoms with E-state index in [4.69, 9.17) is 25.0 Å². The van der Waals surface area contributed by atoms with Crippen LogP contribution in [0.4, 0.5) is 0 Å². The minimum Gasteiger partial charge on any atom is -0.383 e. The number of phosphoric acid groups is 1. The average molecular weight is 748 g/mol. The maximum absolute atomic E-state index is 12.8. The molecule has 0 radical (unpaired) electrons. The van der Waals surface area contributed by atoms with Gasteiger partial charge in [-0.1, -0.05) is 185 Å². The molecule has 0 bridgehead atoms. The van der Waals surface area contributed by atoms with Gasteiger partial charge in [-0.25, -0.2) is 4.57 Å². The predicted molar refractivity (Wildman–Crippen MR) is 215 cm³/mol. The van der Waals surface area contributed by atoms with Crippen LogP contribution < -0.4 is 5.73 Å². The van der Waals surface area contributed by atoms with E-state index >= 15 is 0 Å². The van der Waals surface area contributed by atoms with Gasteiger partial charge in [0.15, 0.2) is 11.6 Å². The van der Waals surface area contributed by atoms with Crippen molar-refractivity contribution < 1.29 is 33.9 Å². The Labute approximate surface area is 315 Å². The fourth-order valence-corrected chi connectivity index (χ4v) is 7.11. The van der Waals surface area contributed by atoms with E-state index < -0.39 is 20.0 Å². The molecule has 6 N–H and O–H groups in total. The van der Waals surface area contributed by atoms with Gasteiger partial charge in [0.1, 0.15) is 6.10 Å². The molecule has 0 amide bonds. The first-order valence-electron chi connectivity index (χ1n) is 20.9. The van der Waals surface area contributed by atoms with Crippen LogP contribution >= 0.6 is 7.82 Å². The number of carbonyl (C=O) groups excluding carboxylic acids is 2. The number of aliphatic hydroxyl groups is 1. The number of aliphatic hydroxyl groups excluding tert-OH is 1. The van der Waals surface area contributed by atoms with Crippen LogP contribution in [0.3, 0.4) is 0 Å². The molecular formula is C42H86NO7P. The van der Waals surface area contributed by atoms with Crippen LogP contribution in [-0.4, -0.2) is 43.5 Å². The molecule has 0 aromatic carbocycles. The second-order valence-corrected chi connectivity index (χ2v) is 18.9. The lowest BCUT2D eigenvalue weighted by atomic mass is 9.88. The first-order chi connectivity index (χ1) is 23.6. The Morgan fingerprint density at radius 2 is 0.667 bits per heavy atom. The number of carbonyl (C=O) groups is 2. The van der Waals surface area contributed by atoms with Crippen LogP contribution in [0.25, 0.3) is 0 Å². The molecule has 0 aromatic heterocycles. The molecular weight excluding hydrogens is 661 g/mol. The predicted octanol–water partition coefficient (Wildman–Crippen LogP) is 10.8. The summed E-state index contributed by atoms with van der Waals surface area (Å²) in [6, 6.07) is -1.10. The van der Waals surface area contributed by atoms with Gasteiger partial charge in [0.05, 0.1) is 6.04 Å². The molecule has 0 fully saturated rings. The number of ketones is 2. The highest BCUT2D eigenvalue weighted by Crippen LogP contribution is 2.26. The van der Waals surface area contributed by atoms with Crippen molar-refractivity contribution in [1.82, 2.24) is 0 Å². The molecule has 9 heteroatoms. The second kappa shape index (κ2) is 30.7. The number of rotatable bonds is 31. The normalized spacial score (nSPS) is 16.9. The Hall–Kier alpha value is -0.630. The minimum atomic E-state index is -4.64. The molecule has 0 aliphatic heterocycles. The van der Waals surface area contributed by atoms with Crippen molar-refractivity contribution in [3.05, 3.63) is 0 Å². The Morgan fingerprint density at radius 3 is 0.922 bits per heavy atom. The summed E-state index contributed by atoms with van der Waals surface area (Å²) in [5.41, 5.74) is 6.11. The standard InChI is InChI=1S/C42H83NO3.H3O4P/c1-31(2)17-11-19-33(5)21-13-23-35(7)25-15-27-37(9)29-39(44)41(43)42(46)40(45)30-38(10)28-16-26-36(8)24-14-22-34(6)20-12-18-32(3)4;1-5(2,3)4/h31-38,41-42,46H,11-30,43H2,1-10H3;(H3,1,2,3,4). The number of hydrogen-bond donors (Lipinski definition) is 5. The van der Waals surface area contributed by atoms with E-state index in [-0.39, 0.29) is 23.4 Å². The summed E-state index contributed by atoms with van der Waals surface area (Å²) in [6.07, 6.45) is 21.8. The van der Waals surface area contributed by atoms with Gasteiger partial charge in [0.25, 0.3) is 0 Å². The van der Waals surface area contributed by atoms with Crippen molar-refractivity contribution >= 4 is 19.4 Å². The van der Waals surface area contributed by atoms with Gasteiger partial charge < -0.3 is 25.5 Å². The summed E-state index contributed by atoms with van der Waals surface area (Å²) in [5, 5.41) is 10.6. The molecule has 8 atom stereocenters. The van der Waals surface area contributed by atoms with Crippen LogP contribution in [-0.2, 0) is 14.2 Å². The molecule has 0 rings (SSSR count). The Morgan fingerprint density at radius 1 is 0.451 bits per heavy atom. The highest BCUT2D eigenvalue weighted by atomic mass is 31.2. The Kier molecular flexibility index (Phi) is 31.6. The quantitative estimate of drug-likeness (QED) is 0.0438. The van der Waals surface area contributed by atoms with Crippen molar-refractivity contribution in [3.63, 3.8) is 0 Å². The summed E-state index contributed by atoms with van der Waals surface area (Å²) in [7, 11) is -4.64. The zero-order chi connectivity index (χ0) is 39.6. The molecule has 0 aromatic rings. The topological polar surface area (TPSA) is 158 Å². The third-order valence-corrected chi connectivity index (χ3v) is 10.7. The van der Waals surface area contributed by atoms with Crippen LogP contribution in [0.15, 0.2) is 0 Å². The zero-order valence-electron chi connectivity index (χ0n) is 35.0. The van der Waals surface area contributed by atoms with Crippen molar-refractivity contribution in [2.75, 3.05) is 0 Å². The van der Waals surface area contributed by atoms with Gasteiger partial charge in [0, 0.05) is 12.8 Å². The smallest absolute Gasteiger partial charge is 0.383 e. The van der Waals surface area contributed by atoms with E-state index in [1.807, 2.05) is 0 Å². The summed E-state index contributed by atoms with van der Waals surface area (Å²) in [4.78, 5) is 47.2. The van der Waals surface area contributed by atoms with Crippen molar-refractivity contribution in [1.29, 1.82) is 0 Å². The summed E-state index contributed by atoms with van der Waals surface area (Å²) in [5.74, 6) is 4.69. The van der Waals surface area contributed by atoms with Gasteiger partial charge in [-0.2, -0.15) is 0 Å². The fraction of sp³-hybridized carbons (Fsp3) is 0.952. The lowest BCUT2D eigenvalue weighted by molar-refractivity contribution is -0.134. The maximum Gasteiger partial charge on any atom is 0.466 e. The molecule has 306 valence electrons. The largest absolute Gasteiger partial charge is 0.466 e. The number of hydrogen-bond acceptors (Lipinski definition) is 5. The minimum absolute atomic E-state index is 0.177. The van der Waals surface area contributed by atoms with E-state index in [0.29, 0.717) is 18.8 Å². The second-order valence-electron chi connectivity index (χ2n) is 17.8. The Bertz CT molecular complexity index is 837. The van der Waals surface area contributed by atoms with Crippen LogP contribution in [0, 0.1) is 47.3 Å².